The predicted octanol–water partition coefficient (Wildman–Crippen LogP) is -0.362. The fraction of sp³-hybridized carbons (Fsp3) is 1.00. The van der Waals surface area contributed by atoms with Crippen molar-refractivity contribution in [1.82, 2.24) is 8.61 Å². The topological polar surface area (TPSA) is 66.6 Å². The van der Waals surface area contributed by atoms with E-state index in [4.69, 9.17) is 5.73 Å². The highest BCUT2D eigenvalue weighted by atomic mass is 35.5. The molecule has 1 aliphatic heterocycles. The molecule has 0 aromatic rings. The van der Waals surface area contributed by atoms with Crippen molar-refractivity contribution in [3.8, 4) is 0 Å². The molecule has 0 aromatic heterocycles. The first-order valence-corrected chi connectivity index (χ1v) is 5.79. The van der Waals surface area contributed by atoms with Gasteiger partial charge in [-0.05, 0) is 12.8 Å². The molecule has 1 fully saturated rings. The number of rotatable bonds is 3. The van der Waals surface area contributed by atoms with E-state index >= 15 is 0 Å². The summed E-state index contributed by atoms with van der Waals surface area (Å²) >= 11 is 0. The molecular weight excluding hydrogens is 226 g/mol. The molecule has 0 bridgehead atoms. The van der Waals surface area contributed by atoms with Crippen LogP contribution in [0.1, 0.15) is 12.8 Å². The van der Waals surface area contributed by atoms with Crippen molar-refractivity contribution < 1.29 is 8.42 Å². The van der Waals surface area contributed by atoms with Gasteiger partial charge in [-0.15, -0.1) is 12.4 Å². The van der Waals surface area contributed by atoms with Gasteiger partial charge in [0.2, 0.25) is 0 Å². The van der Waals surface area contributed by atoms with Gasteiger partial charge in [-0.25, -0.2) is 0 Å². The van der Waals surface area contributed by atoms with Crippen molar-refractivity contribution >= 4 is 22.6 Å². The lowest BCUT2D eigenvalue weighted by Gasteiger charge is -2.25. The maximum absolute atomic E-state index is 11.7. The molecule has 0 aliphatic carbocycles. The predicted molar refractivity (Wildman–Crippen MR) is 58.6 cm³/mol. The van der Waals surface area contributed by atoms with Crippen LogP contribution in [0.4, 0.5) is 0 Å². The summed E-state index contributed by atoms with van der Waals surface area (Å²) in [6, 6.07) is -0.00704. The summed E-state index contributed by atoms with van der Waals surface area (Å²) in [5, 5.41) is 0. The Labute approximate surface area is 91.8 Å². The monoisotopic (exact) mass is 243 g/mol. The Morgan fingerprint density at radius 3 is 2.50 bits per heavy atom. The summed E-state index contributed by atoms with van der Waals surface area (Å²) in [5.74, 6) is 0. The average molecular weight is 244 g/mol. The van der Waals surface area contributed by atoms with Crippen LogP contribution in [0.25, 0.3) is 0 Å². The third kappa shape index (κ3) is 2.58. The van der Waals surface area contributed by atoms with Crippen LogP contribution < -0.4 is 5.73 Å². The number of hydrogen-bond acceptors (Lipinski definition) is 3. The van der Waals surface area contributed by atoms with Gasteiger partial charge in [0.05, 0.1) is 0 Å². The van der Waals surface area contributed by atoms with Crippen LogP contribution in [-0.2, 0) is 10.2 Å². The minimum Gasteiger partial charge on any atom is -0.329 e. The Balaban J connectivity index is 0.00000169. The van der Waals surface area contributed by atoms with Crippen molar-refractivity contribution in [1.29, 1.82) is 0 Å². The first-order chi connectivity index (χ1) is 6.00. The number of nitrogens with zero attached hydrogens (tertiary/aromatic N) is 2. The molecule has 5 nitrogen and oxygen atoms in total. The fourth-order valence-corrected chi connectivity index (χ4v) is 2.91. The lowest BCUT2D eigenvalue weighted by molar-refractivity contribution is 0.361. The third-order valence-electron chi connectivity index (χ3n) is 2.35. The standard InChI is InChI=1S/C7H17N3O2S.ClH/c1-9(2)13(11,12)10-5-3-4-7(10)6-8;/h7H,3-6,8H2,1-2H3;1H. The Morgan fingerprint density at radius 2 is 2.07 bits per heavy atom. The van der Waals surface area contributed by atoms with Crippen LogP contribution in [0.2, 0.25) is 0 Å². The van der Waals surface area contributed by atoms with E-state index in [1.807, 2.05) is 0 Å². The van der Waals surface area contributed by atoms with Crippen LogP contribution in [0.5, 0.6) is 0 Å². The zero-order valence-electron chi connectivity index (χ0n) is 8.51. The highest BCUT2D eigenvalue weighted by Crippen LogP contribution is 2.20. The van der Waals surface area contributed by atoms with E-state index in [9.17, 15) is 8.42 Å². The summed E-state index contributed by atoms with van der Waals surface area (Å²) in [6.07, 6.45) is 1.79. The van der Waals surface area contributed by atoms with Gasteiger partial charge in [0.25, 0.3) is 10.2 Å². The molecule has 7 heteroatoms. The van der Waals surface area contributed by atoms with Crippen molar-refractivity contribution in [3.63, 3.8) is 0 Å². The SMILES string of the molecule is CN(C)S(=O)(=O)N1CCCC1CN.Cl. The van der Waals surface area contributed by atoms with Crippen molar-refractivity contribution in [2.75, 3.05) is 27.2 Å². The zero-order chi connectivity index (χ0) is 10.1. The molecule has 1 saturated heterocycles. The second-order valence-corrected chi connectivity index (χ2v) is 5.53. The van der Waals surface area contributed by atoms with Gasteiger partial charge in [0, 0.05) is 33.2 Å². The Hall–Kier alpha value is 0.120. The summed E-state index contributed by atoms with van der Waals surface area (Å²) in [5.41, 5.74) is 5.50. The van der Waals surface area contributed by atoms with E-state index in [0.717, 1.165) is 12.8 Å². The minimum atomic E-state index is -3.25. The first kappa shape index (κ1) is 14.1. The molecule has 2 N–H and O–H groups in total. The summed E-state index contributed by atoms with van der Waals surface area (Å²) in [7, 11) is -0.165. The second kappa shape index (κ2) is 5.27. The lowest BCUT2D eigenvalue weighted by Crippen LogP contribution is -2.45. The molecule has 1 aliphatic rings. The zero-order valence-corrected chi connectivity index (χ0v) is 10.1. The molecule has 0 aromatic carbocycles. The molecule has 1 heterocycles. The van der Waals surface area contributed by atoms with Crippen LogP contribution in [0, 0.1) is 0 Å². The molecule has 86 valence electrons. The number of nitrogens with two attached hydrogens (primary N) is 1. The van der Waals surface area contributed by atoms with Crippen LogP contribution in [0.3, 0.4) is 0 Å². The molecule has 1 atom stereocenters. The molecule has 0 amide bonds. The quantitative estimate of drug-likeness (QED) is 0.736. The Morgan fingerprint density at radius 1 is 1.50 bits per heavy atom. The fourth-order valence-electron chi connectivity index (χ4n) is 1.56. The van der Waals surface area contributed by atoms with Crippen LogP contribution in [0.15, 0.2) is 0 Å². The smallest absolute Gasteiger partial charge is 0.281 e. The van der Waals surface area contributed by atoms with Gasteiger partial charge in [-0.2, -0.15) is 17.0 Å². The maximum Gasteiger partial charge on any atom is 0.281 e. The molecule has 0 radical (unpaired) electrons. The van der Waals surface area contributed by atoms with Gasteiger partial charge in [0.1, 0.15) is 0 Å². The van der Waals surface area contributed by atoms with Crippen molar-refractivity contribution in [3.05, 3.63) is 0 Å². The highest BCUT2D eigenvalue weighted by molar-refractivity contribution is 7.86. The summed E-state index contributed by atoms with van der Waals surface area (Å²) in [6.45, 7) is 1.01. The molecule has 14 heavy (non-hydrogen) atoms. The van der Waals surface area contributed by atoms with Gasteiger partial charge in [-0.1, -0.05) is 0 Å². The summed E-state index contributed by atoms with van der Waals surface area (Å²) in [4.78, 5) is 0. The first-order valence-electron chi connectivity index (χ1n) is 4.39. The number of halogens is 1. The molecule has 1 rings (SSSR count). The van der Waals surface area contributed by atoms with Gasteiger partial charge < -0.3 is 5.73 Å². The molecule has 0 spiro atoms. The average Bonchev–Trinajstić information content (AvgIpc) is 2.51. The molecule has 1 unspecified atom stereocenters. The Bertz CT molecular complexity index is 268. The van der Waals surface area contributed by atoms with Gasteiger partial charge in [0.15, 0.2) is 0 Å². The van der Waals surface area contributed by atoms with E-state index in [1.54, 1.807) is 14.1 Å². The van der Waals surface area contributed by atoms with Crippen LogP contribution in [-0.4, -0.2) is 50.3 Å². The van der Waals surface area contributed by atoms with Crippen molar-refractivity contribution in [2.45, 2.75) is 18.9 Å². The number of hydrogen-bond donors (Lipinski definition) is 1. The third-order valence-corrected chi connectivity index (χ3v) is 4.35. The van der Waals surface area contributed by atoms with Gasteiger partial charge >= 0.3 is 0 Å². The molecule has 0 saturated carbocycles. The normalized spacial score (nSPS) is 23.9. The van der Waals surface area contributed by atoms with E-state index < -0.39 is 10.2 Å². The van der Waals surface area contributed by atoms with E-state index in [-0.39, 0.29) is 18.4 Å². The molecular formula is C7H18ClN3O2S. The Kier molecular flexibility index (Phi) is 5.32. The maximum atomic E-state index is 11.7. The van der Waals surface area contributed by atoms with Crippen molar-refractivity contribution in [2.24, 2.45) is 5.73 Å². The second-order valence-electron chi connectivity index (χ2n) is 3.43. The van der Waals surface area contributed by atoms with E-state index in [1.165, 1.54) is 8.61 Å². The largest absolute Gasteiger partial charge is 0.329 e. The highest BCUT2D eigenvalue weighted by Gasteiger charge is 2.34. The van der Waals surface area contributed by atoms with Gasteiger partial charge in [-0.3, -0.25) is 0 Å². The van der Waals surface area contributed by atoms with E-state index in [0.29, 0.717) is 13.1 Å². The van der Waals surface area contributed by atoms with E-state index in [2.05, 4.69) is 0 Å². The lowest BCUT2D eigenvalue weighted by atomic mass is 10.2. The van der Waals surface area contributed by atoms with Crippen LogP contribution >= 0.6 is 12.4 Å². The summed E-state index contributed by atoms with van der Waals surface area (Å²) < 4.78 is 26.1. The minimum absolute atomic E-state index is 0.